The van der Waals surface area contributed by atoms with Gasteiger partial charge in [0.05, 0.1) is 19.1 Å². The van der Waals surface area contributed by atoms with Gasteiger partial charge < -0.3 is 15.8 Å². The number of fused-ring (bicyclic) bond motifs is 1. The molecule has 0 saturated carbocycles. The van der Waals surface area contributed by atoms with Crippen molar-refractivity contribution in [3.63, 3.8) is 0 Å². The fraction of sp³-hybridized carbons (Fsp3) is 0.316. The van der Waals surface area contributed by atoms with Gasteiger partial charge in [0.15, 0.2) is 0 Å². The number of hydrogen-bond donors (Lipinski definition) is 2. The highest BCUT2D eigenvalue weighted by atomic mass is 19.1. The zero-order valence-corrected chi connectivity index (χ0v) is 13.6. The van der Waals surface area contributed by atoms with E-state index in [0.717, 1.165) is 35.2 Å². The summed E-state index contributed by atoms with van der Waals surface area (Å²) in [5.74, 6) is -0.511. The summed E-state index contributed by atoms with van der Waals surface area (Å²) < 4.78 is 18.0. The number of ether oxygens (including phenoxy) is 1. The van der Waals surface area contributed by atoms with Crippen LogP contribution in [0.3, 0.4) is 0 Å². The summed E-state index contributed by atoms with van der Waals surface area (Å²) in [6.07, 6.45) is 1.97. The molecule has 0 aliphatic heterocycles. The van der Waals surface area contributed by atoms with Gasteiger partial charge in [-0.1, -0.05) is 12.1 Å². The molecule has 24 heavy (non-hydrogen) atoms. The lowest BCUT2D eigenvalue weighted by molar-refractivity contribution is -0.142. The first-order valence-electron chi connectivity index (χ1n) is 8.16. The fourth-order valence-electron chi connectivity index (χ4n) is 3.20. The van der Waals surface area contributed by atoms with E-state index in [-0.39, 0.29) is 24.2 Å². The largest absolute Gasteiger partial charge is 0.466 e. The number of carbonyl (C=O) groups is 1. The summed E-state index contributed by atoms with van der Waals surface area (Å²) >= 11 is 0. The number of nitrogens with two attached hydrogens (primary N) is 1. The topological polar surface area (TPSA) is 64.3 Å². The first-order chi connectivity index (χ1) is 11.6. The monoisotopic (exact) mass is 328 g/mol. The van der Waals surface area contributed by atoms with Gasteiger partial charge in [-0.25, -0.2) is 4.39 Å². The molecular weight excluding hydrogens is 307 g/mol. The first kappa shape index (κ1) is 16.3. The maximum absolute atomic E-state index is 13.0. The number of nitrogen functional groups attached to an aromatic ring is 1. The zero-order chi connectivity index (χ0) is 17.1. The van der Waals surface area contributed by atoms with Crippen LogP contribution in [-0.4, -0.2) is 12.6 Å². The second-order valence-corrected chi connectivity index (χ2v) is 5.93. The van der Waals surface area contributed by atoms with E-state index in [4.69, 9.17) is 10.5 Å². The van der Waals surface area contributed by atoms with Crippen LogP contribution in [0.2, 0.25) is 0 Å². The van der Waals surface area contributed by atoms with Gasteiger partial charge in [0.2, 0.25) is 0 Å². The highest BCUT2D eigenvalue weighted by molar-refractivity contribution is 5.76. The van der Waals surface area contributed by atoms with E-state index in [1.54, 1.807) is 19.1 Å². The molecule has 0 bridgehead atoms. The van der Waals surface area contributed by atoms with E-state index in [1.165, 1.54) is 12.1 Å². The summed E-state index contributed by atoms with van der Waals surface area (Å²) in [7, 11) is 0. The summed E-state index contributed by atoms with van der Waals surface area (Å²) in [5.41, 5.74) is 10.9. The average molecular weight is 328 g/mol. The van der Waals surface area contributed by atoms with Crippen LogP contribution in [-0.2, 0) is 22.4 Å². The standard InChI is InChI=1S/C19H21FN2O2/c1-2-24-18(23)11-12-3-8-15-16(19(12)21)9-10-17(15)22-14-6-4-13(20)5-7-14/h3-8,17,22H,2,9-11,21H2,1H3. The van der Waals surface area contributed by atoms with Crippen LogP contribution in [0.1, 0.15) is 36.1 Å². The Morgan fingerprint density at radius 1 is 1.29 bits per heavy atom. The van der Waals surface area contributed by atoms with Crippen LogP contribution < -0.4 is 11.1 Å². The second-order valence-electron chi connectivity index (χ2n) is 5.93. The molecule has 0 spiro atoms. The molecule has 4 nitrogen and oxygen atoms in total. The highest BCUT2D eigenvalue weighted by Gasteiger charge is 2.25. The normalized spacial score (nSPS) is 15.8. The van der Waals surface area contributed by atoms with Gasteiger partial charge >= 0.3 is 5.97 Å². The van der Waals surface area contributed by atoms with Gasteiger partial charge in [-0.3, -0.25) is 4.79 Å². The van der Waals surface area contributed by atoms with Crippen LogP contribution in [0.4, 0.5) is 15.8 Å². The number of benzene rings is 2. The minimum absolute atomic E-state index is 0.143. The maximum Gasteiger partial charge on any atom is 0.310 e. The smallest absolute Gasteiger partial charge is 0.310 e. The third-order valence-electron chi connectivity index (χ3n) is 4.37. The number of esters is 1. The molecule has 1 aliphatic carbocycles. The van der Waals surface area contributed by atoms with Gasteiger partial charge in [-0.2, -0.15) is 0 Å². The van der Waals surface area contributed by atoms with Gasteiger partial charge in [-0.15, -0.1) is 0 Å². The Bertz CT molecular complexity index is 744. The molecule has 0 amide bonds. The van der Waals surface area contributed by atoms with Crippen molar-refractivity contribution in [1.82, 2.24) is 0 Å². The van der Waals surface area contributed by atoms with Crippen molar-refractivity contribution >= 4 is 17.3 Å². The SMILES string of the molecule is CCOC(=O)Cc1ccc2c(c1N)CCC2Nc1ccc(F)cc1. The Hall–Kier alpha value is -2.56. The summed E-state index contributed by atoms with van der Waals surface area (Å²) in [4.78, 5) is 11.7. The molecule has 5 heteroatoms. The Balaban J connectivity index is 1.78. The van der Waals surface area contributed by atoms with Crippen molar-refractivity contribution in [3.8, 4) is 0 Å². The molecule has 3 rings (SSSR count). The molecule has 2 aromatic rings. The summed E-state index contributed by atoms with van der Waals surface area (Å²) in [6, 6.07) is 10.4. The first-order valence-corrected chi connectivity index (χ1v) is 8.16. The molecule has 1 atom stereocenters. The molecule has 1 unspecified atom stereocenters. The zero-order valence-electron chi connectivity index (χ0n) is 13.6. The Morgan fingerprint density at radius 2 is 2.04 bits per heavy atom. The van der Waals surface area contributed by atoms with Gasteiger partial charge in [-0.05, 0) is 60.7 Å². The highest BCUT2D eigenvalue weighted by Crippen LogP contribution is 2.38. The van der Waals surface area contributed by atoms with Crippen LogP contribution in [0.25, 0.3) is 0 Å². The molecule has 0 fully saturated rings. The fourth-order valence-corrected chi connectivity index (χ4v) is 3.20. The minimum atomic E-state index is -0.261. The van der Waals surface area contributed by atoms with Crippen LogP contribution in [0, 0.1) is 5.82 Å². The number of nitrogens with one attached hydrogen (secondary N) is 1. The van der Waals surface area contributed by atoms with Crippen LogP contribution in [0.15, 0.2) is 36.4 Å². The number of anilines is 2. The lowest BCUT2D eigenvalue weighted by Crippen LogP contribution is -2.11. The van der Waals surface area contributed by atoms with Gasteiger partial charge in [0, 0.05) is 11.4 Å². The van der Waals surface area contributed by atoms with E-state index < -0.39 is 0 Å². The number of halogens is 1. The van der Waals surface area contributed by atoms with Crippen LogP contribution in [0.5, 0.6) is 0 Å². The Labute approximate surface area is 140 Å². The third-order valence-corrected chi connectivity index (χ3v) is 4.37. The van der Waals surface area contributed by atoms with Crippen LogP contribution >= 0.6 is 0 Å². The number of hydrogen-bond acceptors (Lipinski definition) is 4. The molecule has 126 valence electrons. The Morgan fingerprint density at radius 3 is 2.75 bits per heavy atom. The van der Waals surface area contributed by atoms with E-state index in [2.05, 4.69) is 5.32 Å². The van der Waals surface area contributed by atoms with E-state index in [9.17, 15) is 9.18 Å². The quantitative estimate of drug-likeness (QED) is 0.650. The third kappa shape index (κ3) is 3.35. The molecule has 0 radical (unpaired) electrons. The van der Waals surface area contributed by atoms with Crippen molar-refractivity contribution in [1.29, 1.82) is 0 Å². The van der Waals surface area contributed by atoms with Crippen molar-refractivity contribution in [2.75, 3.05) is 17.7 Å². The van der Waals surface area contributed by atoms with Crippen molar-refractivity contribution in [2.24, 2.45) is 0 Å². The van der Waals surface area contributed by atoms with Crippen molar-refractivity contribution in [3.05, 3.63) is 58.9 Å². The predicted molar refractivity (Wildman–Crippen MR) is 92.3 cm³/mol. The lowest BCUT2D eigenvalue weighted by atomic mass is 10.00. The molecular formula is C19H21FN2O2. The van der Waals surface area contributed by atoms with Crippen molar-refractivity contribution in [2.45, 2.75) is 32.2 Å². The minimum Gasteiger partial charge on any atom is -0.466 e. The number of rotatable bonds is 5. The van der Waals surface area contributed by atoms with Crippen molar-refractivity contribution < 1.29 is 13.9 Å². The van der Waals surface area contributed by atoms with E-state index in [1.807, 2.05) is 12.1 Å². The lowest BCUT2D eigenvalue weighted by Gasteiger charge is -2.17. The molecule has 1 aliphatic rings. The van der Waals surface area contributed by atoms with Gasteiger partial charge in [0.1, 0.15) is 5.82 Å². The molecule has 0 heterocycles. The van der Waals surface area contributed by atoms with E-state index in [0.29, 0.717) is 12.3 Å². The molecule has 0 aromatic heterocycles. The number of carbonyl (C=O) groups excluding carboxylic acids is 1. The second kappa shape index (κ2) is 6.91. The molecule has 2 aromatic carbocycles. The molecule has 0 saturated heterocycles. The Kier molecular flexibility index (Phi) is 4.69. The maximum atomic E-state index is 13.0. The predicted octanol–water partition coefficient (Wildman–Crippen LogP) is 3.61. The summed E-state index contributed by atoms with van der Waals surface area (Å²) in [5, 5.41) is 3.42. The average Bonchev–Trinajstić information content (AvgIpc) is 2.96. The molecule has 3 N–H and O–H groups in total. The summed E-state index contributed by atoms with van der Waals surface area (Å²) in [6.45, 7) is 2.16. The van der Waals surface area contributed by atoms with Gasteiger partial charge in [0.25, 0.3) is 0 Å². The van der Waals surface area contributed by atoms with E-state index >= 15 is 0 Å².